The molecule has 0 bridgehead atoms. The number of nitrogen functional groups attached to an aromatic ring is 1. The van der Waals surface area contributed by atoms with Crippen molar-refractivity contribution in [3.8, 4) is 22.9 Å². The second kappa shape index (κ2) is 6.61. The van der Waals surface area contributed by atoms with E-state index in [1.165, 1.54) is 18.2 Å². The predicted octanol–water partition coefficient (Wildman–Crippen LogP) is 3.51. The van der Waals surface area contributed by atoms with Gasteiger partial charge in [-0.1, -0.05) is 0 Å². The van der Waals surface area contributed by atoms with Gasteiger partial charge >= 0.3 is 0 Å². The molecular weight excluding hydrogens is 321 g/mol. The zero-order chi connectivity index (χ0) is 18.0. The number of ether oxygens (including phenoxy) is 1. The van der Waals surface area contributed by atoms with Crippen LogP contribution in [0.1, 0.15) is 29.8 Å². The SMILES string of the molecule is Cc1n[nH]cc1-c1cnc(N)c(OC(C)c2cc(F)ccc2C#N)c1. The summed E-state index contributed by atoms with van der Waals surface area (Å²) in [7, 11) is 0. The number of rotatable bonds is 4. The normalized spacial score (nSPS) is 11.8. The molecule has 25 heavy (non-hydrogen) atoms. The van der Waals surface area contributed by atoms with Gasteiger partial charge in [-0.3, -0.25) is 5.10 Å². The minimum Gasteiger partial charge on any atom is -0.482 e. The van der Waals surface area contributed by atoms with Crippen molar-refractivity contribution < 1.29 is 9.13 Å². The molecule has 6 nitrogen and oxygen atoms in total. The van der Waals surface area contributed by atoms with Gasteiger partial charge in [-0.2, -0.15) is 10.4 Å². The summed E-state index contributed by atoms with van der Waals surface area (Å²) in [6.07, 6.45) is 2.82. The van der Waals surface area contributed by atoms with Crippen molar-refractivity contribution >= 4 is 5.82 Å². The first-order valence-corrected chi connectivity index (χ1v) is 7.62. The average Bonchev–Trinajstić information content (AvgIpc) is 3.02. The van der Waals surface area contributed by atoms with Crippen molar-refractivity contribution in [1.82, 2.24) is 15.2 Å². The van der Waals surface area contributed by atoms with Crippen LogP contribution in [0.4, 0.5) is 10.2 Å². The van der Waals surface area contributed by atoms with Crippen molar-refractivity contribution in [2.24, 2.45) is 0 Å². The van der Waals surface area contributed by atoms with Crippen LogP contribution in [0.15, 0.2) is 36.7 Å². The molecule has 0 saturated carbocycles. The molecule has 1 unspecified atom stereocenters. The van der Waals surface area contributed by atoms with E-state index in [1.54, 1.807) is 25.4 Å². The highest BCUT2D eigenvalue weighted by Gasteiger charge is 2.16. The number of aryl methyl sites for hydroxylation is 1. The van der Waals surface area contributed by atoms with Gasteiger partial charge in [0, 0.05) is 29.1 Å². The number of aromatic amines is 1. The van der Waals surface area contributed by atoms with Gasteiger partial charge in [0.25, 0.3) is 0 Å². The number of nitrogens with zero attached hydrogens (tertiary/aromatic N) is 3. The van der Waals surface area contributed by atoms with Crippen LogP contribution in [0.25, 0.3) is 11.1 Å². The van der Waals surface area contributed by atoms with Gasteiger partial charge in [0.15, 0.2) is 11.6 Å². The van der Waals surface area contributed by atoms with E-state index in [4.69, 9.17) is 10.5 Å². The number of aromatic nitrogens is 3. The van der Waals surface area contributed by atoms with Crippen LogP contribution in [0, 0.1) is 24.1 Å². The minimum absolute atomic E-state index is 0.214. The second-order valence-corrected chi connectivity index (χ2v) is 5.60. The summed E-state index contributed by atoms with van der Waals surface area (Å²) < 4.78 is 19.4. The van der Waals surface area contributed by atoms with E-state index < -0.39 is 11.9 Å². The number of pyridine rings is 1. The van der Waals surface area contributed by atoms with Gasteiger partial charge in [-0.05, 0) is 38.1 Å². The molecule has 3 rings (SSSR count). The van der Waals surface area contributed by atoms with Crippen molar-refractivity contribution in [3.05, 3.63) is 59.3 Å². The first-order chi connectivity index (χ1) is 12.0. The van der Waals surface area contributed by atoms with Crippen LogP contribution in [0.5, 0.6) is 5.75 Å². The zero-order valence-corrected chi connectivity index (χ0v) is 13.7. The van der Waals surface area contributed by atoms with Gasteiger partial charge in [0.05, 0.1) is 17.3 Å². The highest BCUT2D eigenvalue weighted by molar-refractivity contribution is 5.68. The first kappa shape index (κ1) is 16.5. The molecular formula is C18H16FN5O. The molecule has 0 aliphatic rings. The summed E-state index contributed by atoms with van der Waals surface area (Å²) in [5, 5.41) is 16.1. The molecule has 0 amide bonds. The Hall–Kier alpha value is -3.40. The summed E-state index contributed by atoms with van der Waals surface area (Å²) >= 11 is 0. The van der Waals surface area contributed by atoms with E-state index in [9.17, 15) is 9.65 Å². The van der Waals surface area contributed by atoms with Crippen LogP contribution in [-0.2, 0) is 0 Å². The second-order valence-electron chi connectivity index (χ2n) is 5.60. The van der Waals surface area contributed by atoms with E-state index in [-0.39, 0.29) is 5.82 Å². The maximum atomic E-state index is 13.5. The lowest BCUT2D eigenvalue weighted by molar-refractivity contribution is 0.227. The van der Waals surface area contributed by atoms with E-state index in [0.29, 0.717) is 16.9 Å². The highest BCUT2D eigenvalue weighted by atomic mass is 19.1. The van der Waals surface area contributed by atoms with Gasteiger partial charge in [-0.15, -0.1) is 0 Å². The van der Waals surface area contributed by atoms with Crippen molar-refractivity contribution in [2.75, 3.05) is 5.73 Å². The number of hydrogen-bond acceptors (Lipinski definition) is 5. The molecule has 0 saturated heterocycles. The molecule has 2 aromatic heterocycles. The van der Waals surface area contributed by atoms with Gasteiger partial charge in [-0.25, -0.2) is 9.37 Å². The van der Waals surface area contributed by atoms with E-state index in [1.807, 2.05) is 13.0 Å². The van der Waals surface area contributed by atoms with E-state index in [0.717, 1.165) is 16.8 Å². The van der Waals surface area contributed by atoms with Gasteiger partial charge in [0.2, 0.25) is 0 Å². The Labute approximate surface area is 144 Å². The average molecular weight is 337 g/mol. The quantitative estimate of drug-likeness (QED) is 0.758. The Bertz CT molecular complexity index is 960. The summed E-state index contributed by atoms with van der Waals surface area (Å²) in [5.41, 5.74) is 9.21. The largest absolute Gasteiger partial charge is 0.482 e. The smallest absolute Gasteiger partial charge is 0.166 e. The number of nitriles is 1. The maximum Gasteiger partial charge on any atom is 0.166 e. The number of nitrogens with two attached hydrogens (primary N) is 1. The van der Waals surface area contributed by atoms with Gasteiger partial charge < -0.3 is 10.5 Å². The molecule has 126 valence electrons. The lowest BCUT2D eigenvalue weighted by atomic mass is 10.0. The number of H-pyrrole nitrogens is 1. The first-order valence-electron chi connectivity index (χ1n) is 7.62. The lowest BCUT2D eigenvalue weighted by Gasteiger charge is -2.18. The standard InChI is InChI=1S/C18H16FN5O/c1-10-16(9-23-24-10)13-5-17(18(21)22-8-13)25-11(2)15-6-14(19)4-3-12(15)7-20/h3-6,8-9,11H,1-2H3,(H2,21,22)(H,23,24). The molecule has 3 N–H and O–H groups in total. The Morgan fingerprint density at radius 3 is 2.84 bits per heavy atom. The summed E-state index contributed by atoms with van der Waals surface area (Å²) in [6, 6.07) is 7.75. The van der Waals surface area contributed by atoms with E-state index in [2.05, 4.69) is 15.2 Å². The molecule has 3 aromatic rings. The number of anilines is 1. The van der Waals surface area contributed by atoms with Gasteiger partial charge in [0.1, 0.15) is 11.9 Å². The fourth-order valence-corrected chi connectivity index (χ4v) is 2.57. The number of nitrogens with one attached hydrogen (secondary N) is 1. The molecule has 1 atom stereocenters. The number of halogens is 1. The molecule has 0 radical (unpaired) electrons. The van der Waals surface area contributed by atoms with E-state index >= 15 is 0 Å². The summed E-state index contributed by atoms with van der Waals surface area (Å²) in [4.78, 5) is 4.16. The Morgan fingerprint density at radius 1 is 1.36 bits per heavy atom. The van der Waals surface area contributed by atoms with Crippen molar-refractivity contribution in [1.29, 1.82) is 5.26 Å². The van der Waals surface area contributed by atoms with Crippen molar-refractivity contribution in [2.45, 2.75) is 20.0 Å². The minimum atomic E-state index is -0.574. The monoisotopic (exact) mass is 337 g/mol. The molecule has 0 fully saturated rings. The fraction of sp³-hybridized carbons (Fsp3) is 0.167. The molecule has 0 aliphatic heterocycles. The maximum absolute atomic E-state index is 13.5. The number of benzene rings is 1. The number of hydrogen-bond donors (Lipinski definition) is 2. The molecule has 2 heterocycles. The summed E-state index contributed by atoms with van der Waals surface area (Å²) in [5.74, 6) is 0.142. The molecule has 0 spiro atoms. The zero-order valence-electron chi connectivity index (χ0n) is 13.7. The Kier molecular flexibility index (Phi) is 4.35. The molecule has 0 aliphatic carbocycles. The highest BCUT2D eigenvalue weighted by Crippen LogP contribution is 2.32. The van der Waals surface area contributed by atoms with Crippen LogP contribution < -0.4 is 10.5 Å². The van der Waals surface area contributed by atoms with Crippen LogP contribution >= 0.6 is 0 Å². The van der Waals surface area contributed by atoms with Crippen LogP contribution in [0.2, 0.25) is 0 Å². The van der Waals surface area contributed by atoms with Crippen molar-refractivity contribution in [3.63, 3.8) is 0 Å². The molecule has 7 heteroatoms. The van der Waals surface area contributed by atoms with Crippen LogP contribution in [-0.4, -0.2) is 15.2 Å². The third-order valence-corrected chi connectivity index (χ3v) is 3.90. The summed E-state index contributed by atoms with van der Waals surface area (Å²) in [6.45, 7) is 3.60. The third kappa shape index (κ3) is 3.28. The Morgan fingerprint density at radius 2 is 2.16 bits per heavy atom. The Balaban J connectivity index is 1.94. The topological polar surface area (TPSA) is 101 Å². The fourth-order valence-electron chi connectivity index (χ4n) is 2.57. The lowest BCUT2D eigenvalue weighted by Crippen LogP contribution is -2.08. The third-order valence-electron chi connectivity index (χ3n) is 3.90. The van der Waals surface area contributed by atoms with Crippen LogP contribution in [0.3, 0.4) is 0 Å². The predicted molar refractivity (Wildman–Crippen MR) is 91.1 cm³/mol. The molecule has 1 aromatic carbocycles.